The van der Waals surface area contributed by atoms with Crippen molar-refractivity contribution in [2.75, 3.05) is 5.75 Å². The van der Waals surface area contributed by atoms with Crippen LogP contribution in [-0.4, -0.2) is 11.9 Å². The zero-order valence-corrected chi connectivity index (χ0v) is 8.12. The fraction of sp³-hybridized carbons (Fsp3) is 0.333. The van der Waals surface area contributed by atoms with Crippen molar-refractivity contribution >= 4 is 12.6 Å². The van der Waals surface area contributed by atoms with Crippen molar-refractivity contribution in [1.29, 1.82) is 0 Å². The number of halogens is 3. The van der Waals surface area contributed by atoms with Gasteiger partial charge in [-0.2, -0.15) is 25.8 Å². The Kier molecular flexibility index (Phi) is 4.91. The van der Waals surface area contributed by atoms with E-state index in [2.05, 4.69) is 19.2 Å². The summed E-state index contributed by atoms with van der Waals surface area (Å²) in [5.41, 5.74) is 0.0465. The van der Waals surface area contributed by atoms with Crippen LogP contribution in [0.1, 0.15) is 6.92 Å². The monoisotopic (exact) mass is 208 g/mol. The van der Waals surface area contributed by atoms with Crippen LogP contribution in [0.25, 0.3) is 0 Å². The molecule has 0 aliphatic heterocycles. The number of allylic oxidation sites excluding steroid dienone is 4. The Morgan fingerprint density at radius 1 is 1.46 bits per heavy atom. The first-order valence-electron chi connectivity index (χ1n) is 3.58. The number of rotatable bonds is 3. The Labute approximate surface area is 81.2 Å². The summed E-state index contributed by atoms with van der Waals surface area (Å²) in [7, 11) is 0. The van der Waals surface area contributed by atoms with Crippen LogP contribution in [0.5, 0.6) is 0 Å². The maximum absolute atomic E-state index is 11.9. The first kappa shape index (κ1) is 12.4. The zero-order chi connectivity index (χ0) is 10.5. The predicted octanol–water partition coefficient (Wildman–Crippen LogP) is 3.54. The third-order valence-corrected chi connectivity index (χ3v) is 1.73. The topological polar surface area (TPSA) is 0 Å². The lowest BCUT2D eigenvalue weighted by atomic mass is 10.2. The van der Waals surface area contributed by atoms with E-state index in [1.54, 1.807) is 0 Å². The van der Waals surface area contributed by atoms with Gasteiger partial charge < -0.3 is 0 Å². The molecule has 0 atom stereocenters. The Morgan fingerprint density at radius 3 is 2.38 bits per heavy atom. The van der Waals surface area contributed by atoms with Crippen LogP contribution in [0.3, 0.4) is 0 Å². The van der Waals surface area contributed by atoms with E-state index in [1.165, 1.54) is 12.2 Å². The summed E-state index contributed by atoms with van der Waals surface area (Å²) in [6.45, 7) is 4.58. The van der Waals surface area contributed by atoms with Gasteiger partial charge in [0.1, 0.15) is 0 Å². The molecule has 0 aliphatic rings. The molecule has 0 unspecified atom stereocenters. The Morgan fingerprint density at radius 2 is 2.00 bits per heavy atom. The fourth-order valence-corrected chi connectivity index (χ4v) is 0.581. The molecule has 0 heterocycles. The highest BCUT2D eigenvalue weighted by Crippen LogP contribution is 2.24. The van der Waals surface area contributed by atoms with Crippen LogP contribution >= 0.6 is 12.6 Å². The predicted molar refractivity (Wildman–Crippen MR) is 51.9 cm³/mol. The molecule has 13 heavy (non-hydrogen) atoms. The normalized spacial score (nSPS) is 13.8. The van der Waals surface area contributed by atoms with Crippen LogP contribution in [0, 0.1) is 0 Å². The average Bonchev–Trinajstić information content (AvgIpc) is 2.02. The van der Waals surface area contributed by atoms with Gasteiger partial charge in [0.05, 0.1) is 0 Å². The van der Waals surface area contributed by atoms with Crippen LogP contribution in [0.15, 0.2) is 36.0 Å². The average molecular weight is 208 g/mol. The van der Waals surface area contributed by atoms with E-state index < -0.39 is 11.7 Å². The largest absolute Gasteiger partial charge is 0.412 e. The third-order valence-electron chi connectivity index (χ3n) is 1.33. The van der Waals surface area contributed by atoms with E-state index in [-0.39, 0.29) is 0 Å². The standard InChI is InChI=1S/C9H11F3S/c1-7(6-13)4-3-5-8(2)9(10,11)12/h3-5,13H,1,6H2,2H3/b4-3-,8-5+. The number of alkyl halides is 3. The third kappa shape index (κ3) is 5.58. The minimum atomic E-state index is -4.24. The summed E-state index contributed by atoms with van der Waals surface area (Å²) in [6.07, 6.45) is -0.412. The second-order valence-corrected chi connectivity index (χ2v) is 2.84. The van der Waals surface area contributed by atoms with Gasteiger partial charge in [0, 0.05) is 11.3 Å². The van der Waals surface area contributed by atoms with Gasteiger partial charge in [0.2, 0.25) is 0 Å². The van der Waals surface area contributed by atoms with E-state index in [0.29, 0.717) is 11.3 Å². The molecule has 0 amide bonds. The van der Waals surface area contributed by atoms with Crippen LogP contribution in [-0.2, 0) is 0 Å². The van der Waals surface area contributed by atoms with Gasteiger partial charge in [-0.25, -0.2) is 0 Å². The summed E-state index contributed by atoms with van der Waals surface area (Å²) in [6, 6.07) is 0. The highest BCUT2D eigenvalue weighted by Gasteiger charge is 2.29. The second-order valence-electron chi connectivity index (χ2n) is 2.52. The molecule has 0 saturated heterocycles. The lowest BCUT2D eigenvalue weighted by Gasteiger charge is -2.03. The van der Waals surface area contributed by atoms with Crippen molar-refractivity contribution in [3.05, 3.63) is 36.0 Å². The SMILES string of the molecule is C=C(/C=C\C=C(/C)C(F)(F)F)CS. The number of hydrogen-bond acceptors (Lipinski definition) is 1. The van der Waals surface area contributed by atoms with Gasteiger partial charge in [-0.15, -0.1) is 0 Å². The first-order chi connectivity index (χ1) is 5.88. The smallest absolute Gasteiger partial charge is 0.175 e. The molecule has 4 heteroatoms. The van der Waals surface area contributed by atoms with Crippen molar-refractivity contribution in [3.8, 4) is 0 Å². The van der Waals surface area contributed by atoms with Crippen molar-refractivity contribution in [3.63, 3.8) is 0 Å². The van der Waals surface area contributed by atoms with Gasteiger partial charge in [-0.05, 0) is 12.5 Å². The van der Waals surface area contributed by atoms with Crippen LogP contribution in [0.4, 0.5) is 13.2 Å². The maximum atomic E-state index is 11.9. The molecule has 0 aliphatic carbocycles. The number of hydrogen-bond donors (Lipinski definition) is 1. The van der Waals surface area contributed by atoms with Gasteiger partial charge in [0.25, 0.3) is 0 Å². The van der Waals surface area contributed by atoms with Gasteiger partial charge >= 0.3 is 6.18 Å². The summed E-state index contributed by atoms with van der Waals surface area (Å²) in [5.74, 6) is 0.440. The Hall–Kier alpha value is -0.640. The molecule has 0 bridgehead atoms. The van der Waals surface area contributed by atoms with Gasteiger partial charge in [-0.1, -0.05) is 24.8 Å². The quantitative estimate of drug-likeness (QED) is 0.532. The summed E-state index contributed by atoms with van der Waals surface area (Å²) in [5, 5.41) is 0. The maximum Gasteiger partial charge on any atom is 0.412 e. The van der Waals surface area contributed by atoms with Gasteiger partial charge in [0.15, 0.2) is 0 Å². The first-order valence-corrected chi connectivity index (χ1v) is 4.22. The molecule has 0 aromatic rings. The second kappa shape index (κ2) is 5.17. The Bertz CT molecular complexity index is 236. The van der Waals surface area contributed by atoms with E-state index in [0.717, 1.165) is 13.0 Å². The fourth-order valence-electron chi connectivity index (χ4n) is 0.476. The molecular formula is C9H11F3S. The van der Waals surface area contributed by atoms with Crippen molar-refractivity contribution < 1.29 is 13.2 Å². The van der Waals surface area contributed by atoms with E-state index >= 15 is 0 Å². The lowest BCUT2D eigenvalue weighted by Crippen LogP contribution is -2.08. The van der Waals surface area contributed by atoms with Crippen molar-refractivity contribution in [2.45, 2.75) is 13.1 Å². The van der Waals surface area contributed by atoms with E-state index in [9.17, 15) is 13.2 Å². The van der Waals surface area contributed by atoms with E-state index in [1.807, 2.05) is 0 Å². The molecule has 0 aromatic carbocycles. The summed E-state index contributed by atoms with van der Waals surface area (Å²) < 4.78 is 35.7. The molecule has 74 valence electrons. The lowest BCUT2D eigenvalue weighted by molar-refractivity contribution is -0.0912. The highest BCUT2D eigenvalue weighted by atomic mass is 32.1. The van der Waals surface area contributed by atoms with Crippen molar-refractivity contribution in [2.24, 2.45) is 0 Å². The Balaban J connectivity index is 4.28. The van der Waals surface area contributed by atoms with Crippen LogP contribution in [0.2, 0.25) is 0 Å². The summed E-state index contributed by atoms with van der Waals surface area (Å²) >= 11 is 3.90. The molecule has 0 rings (SSSR count). The molecule has 0 spiro atoms. The molecule has 0 aromatic heterocycles. The minimum Gasteiger partial charge on any atom is -0.175 e. The molecular weight excluding hydrogens is 197 g/mol. The molecule has 0 radical (unpaired) electrons. The molecule has 0 nitrogen and oxygen atoms in total. The van der Waals surface area contributed by atoms with Gasteiger partial charge in [-0.3, -0.25) is 0 Å². The minimum absolute atomic E-state index is 0.440. The molecule has 0 fully saturated rings. The molecule has 0 saturated carbocycles. The van der Waals surface area contributed by atoms with Crippen molar-refractivity contribution in [1.82, 2.24) is 0 Å². The summed E-state index contributed by atoms with van der Waals surface area (Å²) in [4.78, 5) is 0. The highest BCUT2D eigenvalue weighted by molar-refractivity contribution is 7.80. The van der Waals surface area contributed by atoms with Crippen LogP contribution < -0.4 is 0 Å². The number of thiol groups is 1. The zero-order valence-electron chi connectivity index (χ0n) is 7.23. The molecule has 0 N–H and O–H groups in total. The van der Waals surface area contributed by atoms with E-state index in [4.69, 9.17) is 0 Å².